The van der Waals surface area contributed by atoms with E-state index in [1.54, 1.807) is 6.07 Å². The summed E-state index contributed by atoms with van der Waals surface area (Å²) in [5.74, 6) is -1.34. The van der Waals surface area contributed by atoms with Gasteiger partial charge in [-0.3, -0.25) is 4.79 Å². The van der Waals surface area contributed by atoms with Crippen molar-refractivity contribution in [1.29, 1.82) is 0 Å². The standard InChI is InChI=1S/C13H10O3.C8H8O/c14-12-7-6-10(8-11(12)13(15)16)9-4-2-1-3-5-9;1-7-4-2-3-5-8(7)6-9/h1-8,14H,(H,15,16);2-6H,1H3. The maximum atomic E-state index is 10.8. The van der Waals surface area contributed by atoms with Gasteiger partial charge in [0.15, 0.2) is 0 Å². The number of hydrogen-bond donors (Lipinski definition) is 2. The molecule has 3 rings (SSSR count). The summed E-state index contributed by atoms with van der Waals surface area (Å²) < 4.78 is 0. The third-order valence-corrected chi connectivity index (χ3v) is 3.65. The topological polar surface area (TPSA) is 74.6 Å². The van der Waals surface area contributed by atoms with Crippen molar-refractivity contribution < 1.29 is 19.8 Å². The van der Waals surface area contributed by atoms with Crippen molar-refractivity contribution in [2.24, 2.45) is 0 Å². The van der Waals surface area contributed by atoms with Gasteiger partial charge >= 0.3 is 5.97 Å². The van der Waals surface area contributed by atoms with Crippen LogP contribution >= 0.6 is 0 Å². The Morgan fingerprint density at radius 2 is 1.52 bits per heavy atom. The number of carboxylic acids is 1. The van der Waals surface area contributed by atoms with Crippen LogP contribution in [-0.2, 0) is 0 Å². The monoisotopic (exact) mass is 334 g/mol. The zero-order valence-electron chi connectivity index (χ0n) is 13.7. The highest BCUT2D eigenvalue weighted by Gasteiger charge is 2.10. The van der Waals surface area contributed by atoms with Crippen molar-refractivity contribution in [2.75, 3.05) is 0 Å². The number of phenols is 1. The van der Waals surface area contributed by atoms with E-state index in [2.05, 4.69) is 0 Å². The van der Waals surface area contributed by atoms with Crippen LogP contribution in [0.4, 0.5) is 0 Å². The maximum absolute atomic E-state index is 10.8. The number of hydrogen-bond acceptors (Lipinski definition) is 3. The van der Waals surface area contributed by atoms with Gasteiger partial charge in [0.05, 0.1) is 0 Å². The normalized spacial score (nSPS) is 9.64. The van der Waals surface area contributed by atoms with Crippen LogP contribution < -0.4 is 0 Å². The van der Waals surface area contributed by atoms with Gasteiger partial charge in [-0.2, -0.15) is 0 Å². The highest BCUT2D eigenvalue weighted by atomic mass is 16.4. The summed E-state index contributed by atoms with van der Waals surface area (Å²) in [7, 11) is 0. The van der Waals surface area contributed by atoms with Gasteiger partial charge in [0, 0.05) is 5.56 Å². The van der Waals surface area contributed by atoms with Crippen LogP contribution in [0.25, 0.3) is 11.1 Å². The molecule has 0 aliphatic carbocycles. The van der Waals surface area contributed by atoms with Crippen molar-refractivity contribution in [2.45, 2.75) is 6.92 Å². The van der Waals surface area contributed by atoms with Crippen LogP contribution in [0.5, 0.6) is 5.75 Å². The molecule has 0 aromatic heterocycles. The van der Waals surface area contributed by atoms with E-state index in [0.29, 0.717) is 0 Å². The molecule has 0 aliphatic heterocycles. The van der Waals surface area contributed by atoms with Gasteiger partial charge in [0.2, 0.25) is 0 Å². The highest BCUT2D eigenvalue weighted by Crippen LogP contribution is 2.25. The average molecular weight is 334 g/mol. The molecule has 0 unspecified atom stereocenters. The molecule has 0 fully saturated rings. The third-order valence-electron chi connectivity index (χ3n) is 3.65. The number of rotatable bonds is 3. The number of aryl methyl sites for hydroxylation is 1. The summed E-state index contributed by atoms with van der Waals surface area (Å²) in [6, 6.07) is 21.5. The zero-order valence-corrected chi connectivity index (χ0v) is 13.7. The Hall–Kier alpha value is -3.40. The fourth-order valence-corrected chi connectivity index (χ4v) is 2.24. The molecule has 0 spiro atoms. The summed E-state index contributed by atoms with van der Waals surface area (Å²) >= 11 is 0. The first-order valence-electron chi connectivity index (χ1n) is 7.65. The van der Waals surface area contributed by atoms with Crippen molar-refractivity contribution in [3.63, 3.8) is 0 Å². The lowest BCUT2D eigenvalue weighted by molar-refractivity contribution is 0.0693. The molecule has 0 aliphatic rings. The van der Waals surface area contributed by atoms with E-state index in [0.717, 1.165) is 28.5 Å². The van der Waals surface area contributed by atoms with E-state index in [1.807, 2.05) is 61.5 Å². The minimum Gasteiger partial charge on any atom is -0.507 e. The van der Waals surface area contributed by atoms with Crippen LogP contribution in [0.15, 0.2) is 72.8 Å². The molecular weight excluding hydrogens is 316 g/mol. The molecule has 126 valence electrons. The Bertz CT molecular complexity index is 870. The van der Waals surface area contributed by atoms with Crippen LogP contribution in [0.2, 0.25) is 0 Å². The molecule has 4 heteroatoms. The van der Waals surface area contributed by atoms with Gasteiger partial charge in [-0.15, -0.1) is 0 Å². The first-order valence-corrected chi connectivity index (χ1v) is 7.65. The number of aldehydes is 1. The Kier molecular flexibility index (Phi) is 6.07. The van der Waals surface area contributed by atoms with Crippen LogP contribution in [0, 0.1) is 6.92 Å². The molecular formula is C21H18O4. The third kappa shape index (κ3) is 4.78. The number of benzene rings is 3. The summed E-state index contributed by atoms with van der Waals surface area (Å²) in [6.45, 7) is 1.92. The average Bonchev–Trinajstić information content (AvgIpc) is 2.63. The van der Waals surface area contributed by atoms with Gasteiger partial charge in [-0.05, 0) is 35.7 Å². The second-order valence-electron chi connectivity index (χ2n) is 5.38. The second kappa shape index (κ2) is 8.45. The molecule has 0 atom stereocenters. The molecule has 3 aromatic carbocycles. The summed E-state index contributed by atoms with van der Waals surface area (Å²) in [5, 5.41) is 18.2. The minimum atomic E-state index is -1.13. The maximum Gasteiger partial charge on any atom is 0.339 e. The first kappa shape index (κ1) is 17.9. The van der Waals surface area contributed by atoms with Crippen LogP contribution in [-0.4, -0.2) is 22.5 Å². The van der Waals surface area contributed by atoms with Crippen molar-refractivity contribution in [1.82, 2.24) is 0 Å². The molecule has 0 bridgehead atoms. The van der Waals surface area contributed by atoms with E-state index in [4.69, 9.17) is 5.11 Å². The highest BCUT2D eigenvalue weighted by molar-refractivity contribution is 5.92. The molecule has 0 saturated heterocycles. The predicted octanol–water partition coefficient (Wildman–Crippen LogP) is 4.56. The van der Waals surface area contributed by atoms with Gasteiger partial charge in [0.1, 0.15) is 17.6 Å². The fourth-order valence-electron chi connectivity index (χ4n) is 2.24. The van der Waals surface area contributed by atoms with Gasteiger partial charge in [-0.25, -0.2) is 4.79 Å². The zero-order chi connectivity index (χ0) is 18.2. The molecule has 0 heterocycles. The number of carbonyl (C=O) groups is 2. The molecule has 3 aromatic rings. The Morgan fingerprint density at radius 3 is 2.08 bits per heavy atom. The van der Waals surface area contributed by atoms with Crippen LogP contribution in [0.1, 0.15) is 26.3 Å². The van der Waals surface area contributed by atoms with E-state index in [9.17, 15) is 14.7 Å². The van der Waals surface area contributed by atoms with E-state index < -0.39 is 5.97 Å². The van der Waals surface area contributed by atoms with Gasteiger partial charge in [-0.1, -0.05) is 60.7 Å². The number of carbonyl (C=O) groups excluding carboxylic acids is 1. The number of carboxylic acid groups (broad SMARTS) is 1. The van der Waals surface area contributed by atoms with E-state index in [-0.39, 0.29) is 11.3 Å². The predicted molar refractivity (Wildman–Crippen MR) is 97.1 cm³/mol. The quantitative estimate of drug-likeness (QED) is 0.688. The van der Waals surface area contributed by atoms with E-state index in [1.165, 1.54) is 12.1 Å². The lowest BCUT2D eigenvalue weighted by atomic mass is 10.0. The lowest BCUT2D eigenvalue weighted by Crippen LogP contribution is -1.96. The first-order chi connectivity index (χ1) is 12.0. The largest absolute Gasteiger partial charge is 0.507 e. The summed E-state index contributed by atoms with van der Waals surface area (Å²) in [5.41, 5.74) is 3.42. The molecule has 0 saturated carbocycles. The Balaban J connectivity index is 0.000000212. The van der Waals surface area contributed by atoms with Crippen molar-refractivity contribution >= 4 is 12.3 Å². The molecule has 2 N–H and O–H groups in total. The number of aromatic carboxylic acids is 1. The fraction of sp³-hybridized carbons (Fsp3) is 0.0476. The Labute approximate surface area is 146 Å². The summed E-state index contributed by atoms with van der Waals surface area (Å²) in [4.78, 5) is 21.1. The molecule has 25 heavy (non-hydrogen) atoms. The Morgan fingerprint density at radius 1 is 0.880 bits per heavy atom. The summed E-state index contributed by atoms with van der Waals surface area (Å²) in [6.07, 6.45) is 0.870. The lowest BCUT2D eigenvalue weighted by Gasteiger charge is -2.04. The van der Waals surface area contributed by atoms with Gasteiger partial charge in [0.25, 0.3) is 0 Å². The van der Waals surface area contributed by atoms with Gasteiger partial charge < -0.3 is 10.2 Å². The van der Waals surface area contributed by atoms with Crippen molar-refractivity contribution in [3.05, 3.63) is 89.5 Å². The second-order valence-corrected chi connectivity index (χ2v) is 5.38. The molecule has 0 radical (unpaired) electrons. The smallest absolute Gasteiger partial charge is 0.339 e. The van der Waals surface area contributed by atoms with Crippen molar-refractivity contribution in [3.8, 4) is 16.9 Å². The molecule has 0 amide bonds. The van der Waals surface area contributed by atoms with Crippen LogP contribution in [0.3, 0.4) is 0 Å². The minimum absolute atomic E-state index is 0.0821. The van der Waals surface area contributed by atoms with E-state index >= 15 is 0 Å². The SMILES string of the molecule is Cc1ccccc1C=O.O=C(O)c1cc(-c2ccccc2)ccc1O. The molecule has 4 nitrogen and oxygen atoms in total. The number of aromatic hydroxyl groups is 1.